The summed E-state index contributed by atoms with van der Waals surface area (Å²) in [6.45, 7) is 5.50. The van der Waals surface area contributed by atoms with Gasteiger partial charge in [0.05, 0.1) is 0 Å². The lowest BCUT2D eigenvalue weighted by atomic mass is 9.98. The zero-order valence-electron chi connectivity index (χ0n) is 19.3. The molecule has 3 rings (SSSR count). The first-order chi connectivity index (χ1) is 15.7. The molecule has 1 unspecified atom stereocenters. The number of aliphatic carboxylic acids is 1. The lowest BCUT2D eigenvalue weighted by Gasteiger charge is -2.19. The maximum Gasteiger partial charge on any atom is 0.407 e. The molecular formula is C26H31NO6. The lowest BCUT2D eigenvalue weighted by molar-refractivity contribution is -0.154. The number of ether oxygens (including phenoxy) is 2. The van der Waals surface area contributed by atoms with E-state index in [4.69, 9.17) is 9.47 Å². The van der Waals surface area contributed by atoms with Crippen LogP contribution in [0.2, 0.25) is 0 Å². The van der Waals surface area contributed by atoms with Crippen LogP contribution >= 0.6 is 0 Å². The van der Waals surface area contributed by atoms with Crippen LogP contribution in [0.4, 0.5) is 4.79 Å². The van der Waals surface area contributed by atoms with Crippen molar-refractivity contribution in [3.8, 4) is 11.1 Å². The molecule has 0 radical (unpaired) electrons. The normalized spacial score (nSPS) is 13.5. The zero-order chi connectivity index (χ0) is 24.0. The minimum absolute atomic E-state index is 0.0970. The van der Waals surface area contributed by atoms with E-state index in [1.165, 1.54) is 0 Å². The zero-order valence-corrected chi connectivity index (χ0v) is 19.3. The van der Waals surface area contributed by atoms with Crippen molar-refractivity contribution >= 4 is 18.0 Å². The average Bonchev–Trinajstić information content (AvgIpc) is 3.07. The Morgan fingerprint density at radius 1 is 0.970 bits per heavy atom. The second-order valence-corrected chi connectivity index (χ2v) is 9.19. The number of hydrogen-bond acceptors (Lipinski definition) is 5. The smallest absolute Gasteiger partial charge is 0.407 e. The maximum absolute atomic E-state index is 12.4. The van der Waals surface area contributed by atoms with Crippen molar-refractivity contribution < 1.29 is 29.0 Å². The highest BCUT2D eigenvalue weighted by molar-refractivity contribution is 5.81. The first-order valence-electron chi connectivity index (χ1n) is 11.2. The van der Waals surface area contributed by atoms with Gasteiger partial charge in [-0.3, -0.25) is 4.79 Å². The van der Waals surface area contributed by atoms with Gasteiger partial charge in [0.1, 0.15) is 18.2 Å². The minimum atomic E-state index is -1.14. The number of unbranched alkanes of at least 4 members (excludes halogenated alkanes) is 1. The third-order valence-electron chi connectivity index (χ3n) is 5.48. The second-order valence-electron chi connectivity index (χ2n) is 9.19. The second kappa shape index (κ2) is 10.5. The Hall–Kier alpha value is -3.35. The molecule has 1 atom stereocenters. The van der Waals surface area contributed by atoms with Crippen molar-refractivity contribution in [1.82, 2.24) is 5.32 Å². The molecule has 33 heavy (non-hydrogen) atoms. The fraction of sp³-hybridized carbons (Fsp3) is 0.423. The fourth-order valence-electron chi connectivity index (χ4n) is 4.05. The Labute approximate surface area is 194 Å². The molecule has 2 aromatic carbocycles. The van der Waals surface area contributed by atoms with Crippen molar-refractivity contribution in [2.45, 2.75) is 64.0 Å². The molecule has 1 aliphatic carbocycles. The number of nitrogens with one attached hydrogen (secondary N) is 1. The Bertz CT molecular complexity index is 964. The topological polar surface area (TPSA) is 102 Å². The molecule has 1 aliphatic rings. The SMILES string of the molecule is CC(C)(C)OC(=O)CCCCC(NC(=O)OCC1c2ccccc2-c2ccccc21)C(=O)O. The Morgan fingerprint density at radius 3 is 2.09 bits per heavy atom. The predicted molar refractivity (Wildman–Crippen MR) is 124 cm³/mol. The molecule has 0 saturated heterocycles. The molecule has 2 N–H and O–H groups in total. The molecule has 1 amide bonds. The number of alkyl carbamates (subject to hydrolysis) is 1. The third-order valence-corrected chi connectivity index (χ3v) is 5.48. The average molecular weight is 454 g/mol. The maximum atomic E-state index is 12.4. The van der Waals surface area contributed by atoms with E-state index in [0.29, 0.717) is 12.8 Å². The van der Waals surface area contributed by atoms with Gasteiger partial charge in [-0.05, 0) is 55.9 Å². The number of carboxylic acid groups (broad SMARTS) is 1. The van der Waals surface area contributed by atoms with E-state index in [1.54, 1.807) is 20.8 Å². The van der Waals surface area contributed by atoms with Gasteiger partial charge in [-0.2, -0.15) is 0 Å². The summed E-state index contributed by atoms with van der Waals surface area (Å²) in [5.41, 5.74) is 3.87. The Morgan fingerprint density at radius 2 is 1.55 bits per heavy atom. The quantitative estimate of drug-likeness (QED) is 0.414. The fourth-order valence-corrected chi connectivity index (χ4v) is 4.05. The van der Waals surface area contributed by atoms with Crippen LogP contribution < -0.4 is 5.32 Å². The van der Waals surface area contributed by atoms with E-state index in [0.717, 1.165) is 22.3 Å². The number of fused-ring (bicyclic) bond motifs is 3. The van der Waals surface area contributed by atoms with Gasteiger partial charge in [0.15, 0.2) is 0 Å². The van der Waals surface area contributed by atoms with Gasteiger partial charge < -0.3 is 19.9 Å². The standard InChI is InChI=1S/C26H31NO6/c1-26(2,3)33-23(28)15-9-8-14-22(24(29)30)27-25(31)32-16-21-19-12-6-4-10-17(19)18-11-5-7-13-20(18)21/h4-7,10-13,21-22H,8-9,14-16H2,1-3H3,(H,27,31)(H,29,30). The molecule has 176 valence electrons. The minimum Gasteiger partial charge on any atom is -0.480 e. The molecule has 7 heteroatoms. The first kappa shape index (κ1) is 24.3. The summed E-state index contributed by atoms with van der Waals surface area (Å²) < 4.78 is 10.7. The molecule has 0 aliphatic heterocycles. The number of carbonyl (C=O) groups is 3. The van der Waals surface area contributed by atoms with Gasteiger partial charge >= 0.3 is 18.0 Å². The summed E-state index contributed by atoms with van der Waals surface area (Å²) in [5, 5.41) is 11.9. The van der Waals surface area contributed by atoms with Crippen molar-refractivity contribution in [3.05, 3.63) is 59.7 Å². The van der Waals surface area contributed by atoms with Crippen LogP contribution in [0.25, 0.3) is 11.1 Å². The first-order valence-corrected chi connectivity index (χ1v) is 11.2. The number of esters is 1. The molecular weight excluding hydrogens is 422 g/mol. The van der Waals surface area contributed by atoms with E-state index in [2.05, 4.69) is 5.32 Å². The third kappa shape index (κ3) is 6.57. The highest BCUT2D eigenvalue weighted by Crippen LogP contribution is 2.44. The molecule has 0 aromatic heterocycles. The van der Waals surface area contributed by atoms with Gasteiger partial charge in [0.25, 0.3) is 0 Å². The van der Waals surface area contributed by atoms with E-state index >= 15 is 0 Å². The van der Waals surface area contributed by atoms with Gasteiger partial charge in [0, 0.05) is 12.3 Å². The summed E-state index contributed by atoms with van der Waals surface area (Å²) in [7, 11) is 0. The summed E-state index contributed by atoms with van der Waals surface area (Å²) >= 11 is 0. The van der Waals surface area contributed by atoms with Crippen LogP contribution in [0.5, 0.6) is 0 Å². The van der Waals surface area contributed by atoms with E-state index in [-0.39, 0.29) is 31.3 Å². The highest BCUT2D eigenvalue weighted by Gasteiger charge is 2.29. The predicted octanol–water partition coefficient (Wildman–Crippen LogP) is 4.88. The van der Waals surface area contributed by atoms with E-state index in [1.807, 2.05) is 48.5 Å². The highest BCUT2D eigenvalue weighted by atomic mass is 16.6. The van der Waals surface area contributed by atoms with Crippen molar-refractivity contribution in [3.63, 3.8) is 0 Å². The largest absolute Gasteiger partial charge is 0.480 e. The molecule has 0 spiro atoms. The van der Waals surface area contributed by atoms with Crippen LogP contribution in [0.3, 0.4) is 0 Å². The van der Waals surface area contributed by atoms with E-state index in [9.17, 15) is 19.5 Å². The number of carbonyl (C=O) groups excluding carboxylic acids is 2. The Balaban J connectivity index is 1.50. The summed E-state index contributed by atoms with van der Waals surface area (Å²) in [6, 6.07) is 14.9. The molecule has 2 aromatic rings. The number of amides is 1. The molecule has 0 fully saturated rings. The van der Waals surface area contributed by atoms with Gasteiger partial charge in [-0.15, -0.1) is 0 Å². The van der Waals surface area contributed by atoms with Crippen molar-refractivity contribution in [2.24, 2.45) is 0 Å². The van der Waals surface area contributed by atoms with Crippen molar-refractivity contribution in [1.29, 1.82) is 0 Å². The number of benzene rings is 2. The molecule has 0 heterocycles. The van der Waals surface area contributed by atoms with Crippen LogP contribution in [0.1, 0.15) is 63.5 Å². The number of hydrogen-bond donors (Lipinski definition) is 2. The van der Waals surface area contributed by atoms with Crippen LogP contribution in [0, 0.1) is 0 Å². The van der Waals surface area contributed by atoms with Crippen LogP contribution in [-0.2, 0) is 19.1 Å². The van der Waals surface area contributed by atoms with E-state index < -0.39 is 23.7 Å². The van der Waals surface area contributed by atoms with Gasteiger partial charge in [0.2, 0.25) is 0 Å². The summed E-state index contributed by atoms with van der Waals surface area (Å²) in [4.78, 5) is 35.7. The summed E-state index contributed by atoms with van der Waals surface area (Å²) in [5.74, 6) is -1.56. The van der Waals surface area contributed by atoms with Gasteiger partial charge in [-0.25, -0.2) is 9.59 Å². The monoisotopic (exact) mass is 453 g/mol. The summed E-state index contributed by atoms with van der Waals surface area (Å²) in [6.07, 6.45) is 0.568. The van der Waals surface area contributed by atoms with Crippen LogP contribution in [0.15, 0.2) is 48.5 Å². The lowest BCUT2D eigenvalue weighted by Crippen LogP contribution is -2.41. The molecule has 0 bridgehead atoms. The molecule has 7 nitrogen and oxygen atoms in total. The van der Waals surface area contributed by atoms with Crippen molar-refractivity contribution in [2.75, 3.05) is 6.61 Å². The molecule has 0 saturated carbocycles. The number of carboxylic acids is 1. The van der Waals surface area contributed by atoms with Gasteiger partial charge in [-0.1, -0.05) is 55.0 Å². The number of rotatable bonds is 9. The van der Waals surface area contributed by atoms with Crippen LogP contribution in [-0.4, -0.2) is 41.4 Å². The Kier molecular flexibility index (Phi) is 7.74.